The first kappa shape index (κ1) is 16.9. The van der Waals surface area contributed by atoms with E-state index in [0.717, 1.165) is 11.4 Å². The average Bonchev–Trinajstić information content (AvgIpc) is 2.21. The number of anilines is 2. The number of aromatic nitrogens is 2. The van der Waals surface area contributed by atoms with E-state index in [-0.39, 0.29) is 24.8 Å². The Labute approximate surface area is 107 Å². The predicted molar refractivity (Wildman–Crippen MR) is 54.8 cm³/mol. The normalized spacial score (nSPS) is 7.50. The molecule has 0 bridgehead atoms. The molecule has 0 aliphatic rings. The summed E-state index contributed by atoms with van der Waals surface area (Å²) in [5, 5.41) is 0. The van der Waals surface area contributed by atoms with E-state index in [0.29, 0.717) is 0 Å². The summed E-state index contributed by atoms with van der Waals surface area (Å²) in [6.45, 7) is 0. The maximum Gasteiger partial charge on any atom is 0.169 e. The third-order valence-electron chi connectivity index (χ3n) is 1.49. The van der Waals surface area contributed by atoms with Gasteiger partial charge in [0, 0.05) is 35.6 Å². The van der Waals surface area contributed by atoms with Crippen molar-refractivity contribution in [1.82, 2.24) is 0 Å². The predicted octanol–water partition coefficient (Wildman–Crippen LogP) is -5.83. The smallest absolute Gasteiger partial charge is 0.169 e. The number of hydrogen-bond acceptors (Lipinski definition) is 2. The molecule has 0 spiro atoms. The Morgan fingerprint density at radius 3 is 1.00 bits per heavy atom. The van der Waals surface area contributed by atoms with Crippen LogP contribution in [0.2, 0.25) is 0 Å². The molecular formula is C10H14Cl2N4. The van der Waals surface area contributed by atoms with Crippen LogP contribution in [0.1, 0.15) is 0 Å². The van der Waals surface area contributed by atoms with Crippen molar-refractivity contribution < 1.29 is 34.8 Å². The van der Waals surface area contributed by atoms with Gasteiger partial charge in [0.25, 0.3) is 0 Å². The van der Waals surface area contributed by atoms with E-state index in [1.165, 1.54) is 0 Å². The molecular weight excluding hydrogens is 247 g/mol. The van der Waals surface area contributed by atoms with Crippen LogP contribution in [0.4, 0.5) is 11.4 Å². The van der Waals surface area contributed by atoms with E-state index in [9.17, 15) is 0 Å². The van der Waals surface area contributed by atoms with Gasteiger partial charge in [-0.2, -0.15) is 0 Å². The summed E-state index contributed by atoms with van der Waals surface area (Å²) in [4.78, 5) is 5.71. The molecule has 0 aliphatic carbocycles. The molecule has 2 rings (SSSR count). The van der Waals surface area contributed by atoms with Crippen LogP contribution in [-0.4, -0.2) is 0 Å². The molecule has 16 heavy (non-hydrogen) atoms. The molecule has 6 N–H and O–H groups in total. The molecule has 0 unspecified atom stereocenters. The SMILES string of the molecule is Nc1cc[nH+]cc1.Nc1cc[nH+]cc1.[Cl-].[Cl-]. The molecule has 2 aromatic heterocycles. The lowest BCUT2D eigenvalue weighted by Crippen LogP contribution is -3.00. The molecule has 0 saturated carbocycles. The third kappa shape index (κ3) is 7.84. The van der Waals surface area contributed by atoms with Gasteiger partial charge in [0.15, 0.2) is 24.8 Å². The van der Waals surface area contributed by atoms with Crippen molar-refractivity contribution in [1.29, 1.82) is 0 Å². The first-order valence-corrected chi connectivity index (χ1v) is 4.22. The summed E-state index contributed by atoms with van der Waals surface area (Å²) >= 11 is 0. The lowest BCUT2D eigenvalue weighted by molar-refractivity contribution is -0.378. The van der Waals surface area contributed by atoms with Crippen LogP contribution in [0.25, 0.3) is 0 Å². The van der Waals surface area contributed by atoms with Gasteiger partial charge in [-0.1, -0.05) is 0 Å². The monoisotopic (exact) mass is 260 g/mol. The number of hydrogen-bond donors (Lipinski definition) is 2. The Kier molecular flexibility index (Phi) is 10.6. The van der Waals surface area contributed by atoms with E-state index >= 15 is 0 Å². The Morgan fingerprint density at radius 1 is 0.625 bits per heavy atom. The summed E-state index contributed by atoms with van der Waals surface area (Å²) in [5.41, 5.74) is 12.3. The van der Waals surface area contributed by atoms with Crippen molar-refractivity contribution >= 4 is 11.4 Å². The molecule has 0 amide bonds. The van der Waals surface area contributed by atoms with Gasteiger partial charge in [-0.3, -0.25) is 0 Å². The van der Waals surface area contributed by atoms with Crippen molar-refractivity contribution in [3.63, 3.8) is 0 Å². The zero-order chi connectivity index (χ0) is 10.2. The van der Waals surface area contributed by atoms with E-state index in [1.54, 1.807) is 49.1 Å². The highest BCUT2D eigenvalue weighted by Crippen LogP contribution is 1.90. The number of nitrogen functional groups attached to an aromatic ring is 2. The Balaban J connectivity index is 0. The number of rotatable bonds is 0. The summed E-state index contributed by atoms with van der Waals surface area (Å²) in [6, 6.07) is 7.22. The molecule has 0 atom stereocenters. The van der Waals surface area contributed by atoms with Crippen LogP contribution >= 0.6 is 0 Å². The van der Waals surface area contributed by atoms with Crippen LogP contribution < -0.4 is 46.2 Å². The Hall–Kier alpha value is -1.52. The van der Waals surface area contributed by atoms with E-state index < -0.39 is 0 Å². The van der Waals surface area contributed by atoms with Crippen molar-refractivity contribution in [2.45, 2.75) is 0 Å². The highest BCUT2D eigenvalue weighted by Gasteiger charge is 1.79. The highest BCUT2D eigenvalue weighted by atomic mass is 35.5. The molecule has 6 heteroatoms. The molecule has 0 aliphatic heterocycles. The lowest BCUT2D eigenvalue weighted by atomic mass is 10.4. The largest absolute Gasteiger partial charge is 1.00 e. The van der Waals surface area contributed by atoms with Gasteiger partial charge in [0.1, 0.15) is 0 Å². The maximum atomic E-state index is 5.34. The van der Waals surface area contributed by atoms with Gasteiger partial charge in [-0.15, -0.1) is 0 Å². The zero-order valence-corrected chi connectivity index (χ0v) is 10.0. The summed E-state index contributed by atoms with van der Waals surface area (Å²) in [7, 11) is 0. The van der Waals surface area contributed by atoms with Crippen LogP contribution in [0, 0.1) is 0 Å². The van der Waals surface area contributed by atoms with E-state index in [2.05, 4.69) is 9.97 Å². The molecule has 0 saturated heterocycles. The Bertz CT molecular complexity index is 318. The number of halogens is 2. The second kappa shape index (κ2) is 10.0. The number of nitrogens with two attached hydrogens (primary N) is 2. The minimum absolute atomic E-state index is 0. The van der Waals surface area contributed by atoms with Crippen LogP contribution in [0.3, 0.4) is 0 Å². The van der Waals surface area contributed by atoms with E-state index in [1.807, 2.05) is 0 Å². The van der Waals surface area contributed by atoms with E-state index in [4.69, 9.17) is 11.5 Å². The lowest BCUT2D eigenvalue weighted by Gasteiger charge is -1.78. The number of nitrogens with one attached hydrogen (secondary N) is 2. The fourth-order valence-corrected chi connectivity index (χ4v) is 0.800. The second-order valence-electron chi connectivity index (χ2n) is 2.67. The van der Waals surface area contributed by atoms with Crippen molar-refractivity contribution in [3.8, 4) is 0 Å². The van der Waals surface area contributed by atoms with Gasteiger partial charge in [0.05, 0.1) is 0 Å². The van der Waals surface area contributed by atoms with Gasteiger partial charge in [-0.25, -0.2) is 9.97 Å². The minimum atomic E-state index is 0. The Morgan fingerprint density at radius 2 is 0.875 bits per heavy atom. The highest BCUT2D eigenvalue weighted by molar-refractivity contribution is 5.32. The quantitative estimate of drug-likeness (QED) is 0.495. The van der Waals surface area contributed by atoms with Gasteiger partial charge >= 0.3 is 0 Å². The topological polar surface area (TPSA) is 80.3 Å². The fraction of sp³-hybridized carbons (Fsp3) is 0. The molecule has 88 valence electrons. The average molecular weight is 261 g/mol. The molecule has 0 aromatic carbocycles. The summed E-state index contributed by atoms with van der Waals surface area (Å²) in [6.07, 6.45) is 7.15. The second-order valence-corrected chi connectivity index (χ2v) is 2.67. The third-order valence-corrected chi connectivity index (χ3v) is 1.49. The molecule has 2 aromatic rings. The summed E-state index contributed by atoms with van der Waals surface area (Å²) < 4.78 is 0. The molecule has 0 fully saturated rings. The number of aromatic amines is 2. The minimum Gasteiger partial charge on any atom is -1.00 e. The number of pyridine rings is 2. The van der Waals surface area contributed by atoms with Crippen LogP contribution in [0.5, 0.6) is 0 Å². The molecule has 4 nitrogen and oxygen atoms in total. The molecule has 2 heterocycles. The van der Waals surface area contributed by atoms with Crippen molar-refractivity contribution in [3.05, 3.63) is 49.1 Å². The fourth-order valence-electron chi connectivity index (χ4n) is 0.800. The van der Waals surface area contributed by atoms with Gasteiger partial charge in [-0.05, 0) is 0 Å². The maximum absolute atomic E-state index is 5.34. The standard InChI is InChI=1S/2C5H6N2.2ClH/c2*6-5-1-3-7-4-2-5;;/h2*1-4H,(H2,6,7);2*1H. The summed E-state index contributed by atoms with van der Waals surface area (Å²) in [5.74, 6) is 0. The van der Waals surface area contributed by atoms with Gasteiger partial charge in [0.2, 0.25) is 0 Å². The van der Waals surface area contributed by atoms with Gasteiger partial charge < -0.3 is 36.3 Å². The first-order valence-electron chi connectivity index (χ1n) is 4.22. The zero-order valence-electron chi connectivity index (χ0n) is 8.53. The van der Waals surface area contributed by atoms with Crippen LogP contribution in [0.15, 0.2) is 49.1 Å². The first-order chi connectivity index (χ1) is 6.79. The molecule has 0 radical (unpaired) electrons. The van der Waals surface area contributed by atoms with Crippen LogP contribution in [-0.2, 0) is 0 Å². The number of H-pyrrole nitrogens is 2. The van der Waals surface area contributed by atoms with Crippen molar-refractivity contribution in [2.24, 2.45) is 0 Å². The van der Waals surface area contributed by atoms with Crippen molar-refractivity contribution in [2.75, 3.05) is 11.5 Å².